The molecule has 1 atom stereocenters. The first kappa shape index (κ1) is 12.0. The minimum Gasteiger partial charge on any atom is -0.482 e. The van der Waals surface area contributed by atoms with Crippen LogP contribution in [0, 0.1) is 5.92 Å². The zero-order valence-corrected chi connectivity index (χ0v) is 10.6. The highest BCUT2D eigenvalue weighted by Crippen LogP contribution is 2.44. The van der Waals surface area contributed by atoms with Crippen LogP contribution in [0.2, 0.25) is 0 Å². The third-order valence-corrected chi connectivity index (χ3v) is 3.79. The number of benzene rings is 1. The van der Waals surface area contributed by atoms with Gasteiger partial charge in [0.1, 0.15) is 5.75 Å². The first-order valence-corrected chi connectivity index (χ1v) is 6.34. The summed E-state index contributed by atoms with van der Waals surface area (Å²) >= 11 is 0. The molecule has 1 aliphatic heterocycles. The van der Waals surface area contributed by atoms with Crippen LogP contribution < -0.4 is 9.64 Å². The highest BCUT2D eigenvalue weighted by atomic mass is 16.5. The molecule has 5 heteroatoms. The molecule has 1 amide bonds. The molecule has 1 saturated carbocycles. The van der Waals surface area contributed by atoms with Crippen molar-refractivity contribution in [1.29, 1.82) is 0 Å². The van der Waals surface area contributed by atoms with Gasteiger partial charge in [-0.2, -0.15) is 0 Å². The van der Waals surface area contributed by atoms with Crippen LogP contribution in [0.15, 0.2) is 18.2 Å². The normalized spacial score (nSPS) is 19.6. The van der Waals surface area contributed by atoms with Gasteiger partial charge in [0.25, 0.3) is 5.91 Å². The molecule has 1 N–H and O–H groups in total. The number of nitrogens with zero attached hydrogens (tertiary/aromatic N) is 1. The van der Waals surface area contributed by atoms with Gasteiger partial charge in [0, 0.05) is 7.05 Å². The van der Waals surface area contributed by atoms with Gasteiger partial charge in [0.15, 0.2) is 6.61 Å². The maximum absolute atomic E-state index is 11.6. The lowest BCUT2D eigenvalue weighted by Crippen LogP contribution is -2.35. The Labute approximate surface area is 110 Å². The number of anilines is 1. The zero-order valence-electron chi connectivity index (χ0n) is 10.6. The van der Waals surface area contributed by atoms with Gasteiger partial charge < -0.3 is 14.7 Å². The van der Waals surface area contributed by atoms with E-state index in [0.717, 1.165) is 18.4 Å². The fraction of sp³-hybridized carbons (Fsp3) is 0.429. The molecule has 1 aromatic carbocycles. The Balaban J connectivity index is 2.00. The summed E-state index contributed by atoms with van der Waals surface area (Å²) in [4.78, 5) is 24.5. The van der Waals surface area contributed by atoms with Crippen molar-refractivity contribution in [3.8, 4) is 5.75 Å². The van der Waals surface area contributed by atoms with Crippen molar-refractivity contribution in [2.24, 2.45) is 5.92 Å². The molecule has 2 aliphatic rings. The van der Waals surface area contributed by atoms with Gasteiger partial charge in [0.2, 0.25) is 0 Å². The lowest BCUT2D eigenvalue weighted by atomic mass is 9.93. The van der Waals surface area contributed by atoms with E-state index in [1.54, 1.807) is 25.2 Å². The van der Waals surface area contributed by atoms with Crippen molar-refractivity contribution in [3.63, 3.8) is 0 Å². The summed E-state index contributed by atoms with van der Waals surface area (Å²) < 4.78 is 5.34. The summed E-state index contributed by atoms with van der Waals surface area (Å²) in [6.45, 7) is 0.0355. The minimum atomic E-state index is -0.798. The van der Waals surface area contributed by atoms with Crippen molar-refractivity contribution in [2.75, 3.05) is 18.6 Å². The van der Waals surface area contributed by atoms with Crippen molar-refractivity contribution < 1.29 is 19.4 Å². The highest BCUT2D eigenvalue weighted by Gasteiger charge is 2.38. The Bertz CT molecular complexity index is 550. The number of amides is 1. The Hall–Kier alpha value is -2.04. The molecule has 19 heavy (non-hydrogen) atoms. The molecule has 1 heterocycles. The number of rotatable bonds is 3. The predicted molar refractivity (Wildman–Crippen MR) is 68.4 cm³/mol. The number of carboxylic acid groups (broad SMARTS) is 1. The van der Waals surface area contributed by atoms with Crippen LogP contribution in [-0.4, -0.2) is 30.6 Å². The maximum Gasteiger partial charge on any atom is 0.311 e. The van der Waals surface area contributed by atoms with E-state index in [4.69, 9.17) is 4.74 Å². The number of carbonyl (C=O) groups is 2. The average molecular weight is 261 g/mol. The van der Waals surface area contributed by atoms with Crippen LogP contribution in [0.5, 0.6) is 5.75 Å². The Morgan fingerprint density at radius 2 is 2.21 bits per heavy atom. The average Bonchev–Trinajstić information content (AvgIpc) is 3.19. The van der Waals surface area contributed by atoms with Crippen molar-refractivity contribution >= 4 is 17.6 Å². The third-order valence-electron chi connectivity index (χ3n) is 3.79. The lowest BCUT2D eigenvalue weighted by Gasteiger charge is -2.27. The Morgan fingerprint density at radius 3 is 2.84 bits per heavy atom. The number of likely N-dealkylation sites (N-methyl/N-ethyl adjacent to an activating group) is 1. The van der Waals surface area contributed by atoms with Crippen molar-refractivity contribution in [2.45, 2.75) is 18.8 Å². The third kappa shape index (κ3) is 2.05. The lowest BCUT2D eigenvalue weighted by molar-refractivity contribution is -0.139. The van der Waals surface area contributed by atoms with E-state index >= 15 is 0 Å². The van der Waals surface area contributed by atoms with E-state index in [2.05, 4.69) is 0 Å². The fourth-order valence-corrected chi connectivity index (χ4v) is 2.53. The van der Waals surface area contributed by atoms with Gasteiger partial charge in [-0.15, -0.1) is 0 Å². The van der Waals surface area contributed by atoms with Gasteiger partial charge >= 0.3 is 5.97 Å². The summed E-state index contributed by atoms with van der Waals surface area (Å²) in [5.74, 6) is -0.543. The van der Waals surface area contributed by atoms with E-state index in [0.29, 0.717) is 11.4 Å². The number of aliphatic carboxylic acids is 1. The molecule has 3 rings (SSSR count). The summed E-state index contributed by atoms with van der Waals surface area (Å²) in [7, 11) is 1.68. The number of carboxylic acids is 1. The van der Waals surface area contributed by atoms with Gasteiger partial charge in [-0.25, -0.2) is 0 Å². The maximum atomic E-state index is 11.6. The van der Waals surface area contributed by atoms with E-state index in [9.17, 15) is 14.7 Å². The van der Waals surface area contributed by atoms with Gasteiger partial charge in [-0.05, 0) is 36.5 Å². The molecule has 0 radical (unpaired) electrons. The second-order valence-electron chi connectivity index (χ2n) is 5.12. The van der Waals surface area contributed by atoms with Crippen molar-refractivity contribution in [3.05, 3.63) is 23.8 Å². The van der Waals surface area contributed by atoms with E-state index < -0.39 is 11.9 Å². The zero-order chi connectivity index (χ0) is 13.6. The molecule has 1 aromatic rings. The SMILES string of the molecule is CN1C(=O)COc2ccc(C(C(=O)O)C3CC3)cc21. The van der Waals surface area contributed by atoms with E-state index in [-0.39, 0.29) is 18.4 Å². The van der Waals surface area contributed by atoms with Crippen LogP contribution in [-0.2, 0) is 9.59 Å². The molecular formula is C14H15NO4. The van der Waals surface area contributed by atoms with Crippen LogP contribution in [0.3, 0.4) is 0 Å². The smallest absolute Gasteiger partial charge is 0.311 e. The topological polar surface area (TPSA) is 66.8 Å². The number of hydrogen-bond acceptors (Lipinski definition) is 3. The monoisotopic (exact) mass is 261 g/mol. The predicted octanol–water partition coefficient (Wildman–Crippen LogP) is 1.62. The largest absolute Gasteiger partial charge is 0.482 e. The fourth-order valence-electron chi connectivity index (χ4n) is 2.53. The number of ether oxygens (including phenoxy) is 1. The number of hydrogen-bond donors (Lipinski definition) is 1. The van der Waals surface area contributed by atoms with E-state index in [1.165, 1.54) is 4.90 Å². The molecule has 0 aromatic heterocycles. The quantitative estimate of drug-likeness (QED) is 0.897. The molecule has 100 valence electrons. The standard InChI is InChI=1S/C14H15NO4/c1-15-10-6-9(13(14(17)18)8-2-3-8)4-5-11(10)19-7-12(15)16/h4-6,8,13H,2-3,7H2,1H3,(H,17,18). The minimum absolute atomic E-state index is 0.0355. The van der Waals surface area contributed by atoms with Crippen LogP contribution in [0.25, 0.3) is 0 Å². The molecule has 1 unspecified atom stereocenters. The Kier molecular flexibility index (Phi) is 2.69. The molecular weight excluding hydrogens is 246 g/mol. The molecule has 0 spiro atoms. The Morgan fingerprint density at radius 1 is 1.47 bits per heavy atom. The van der Waals surface area contributed by atoms with Crippen molar-refractivity contribution in [1.82, 2.24) is 0 Å². The van der Waals surface area contributed by atoms with E-state index in [1.807, 2.05) is 0 Å². The highest BCUT2D eigenvalue weighted by molar-refractivity contribution is 5.97. The molecule has 1 fully saturated rings. The van der Waals surface area contributed by atoms with Gasteiger partial charge in [-0.3, -0.25) is 9.59 Å². The summed E-state index contributed by atoms with van der Waals surface area (Å²) in [5, 5.41) is 9.35. The molecule has 0 bridgehead atoms. The van der Waals surface area contributed by atoms with Crippen LogP contribution in [0.1, 0.15) is 24.3 Å². The van der Waals surface area contributed by atoms with Gasteiger partial charge in [-0.1, -0.05) is 6.07 Å². The molecule has 1 aliphatic carbocycles. The second kappa shape index (κ2) is 4.26. The van der Waals surface area contributed by atoms with Gasteiger partial charge in [0.05, 0.1) is 11.6 Å². The number of fused-ring (bicyclic) bond motifs is 1. The van der Waals surface area contributed by atoms with Crippen LogP contribution >= 0.6 is 0 Å². The summed E-state index contributed by atoms with van der Waals surface area (Å²) in [6.07, 6.45) is 1.92. The number of carbonyl (C=O) groups excluding carboxylic acids is 1. The molecule has 0 saturated heterocycles. The first-order chi connectivity index (χ1) is 9.08. The summed E-state index contributed by atoms with van der Waals surface area (Å²) in [6, 6.07) is 5.31. The summed E-state index contributed by atoms with van der Waals surface area (Å²) in [5.41, 5.74) is 1.40. The first-order valence-electron chi connectivity index (χ1n) is 6.34. The second-order valence-corrected chi connectivity index (χ2v) is 5.12. The van der Waals surface area contributed by atoms with Crippen LogP contribution in [0.4, 0.5) is 5.69 Å². The molecule has 5 nitrogen and oxygen atoms in total.